The molecule has 7 aromatic rings. The van der Waals surface area contributed by atoms with E-state index in [0.717, 1.165) is 38.7 Å². The van der Waals surface area contributed by atoms with Crippen LogP contribution in [0, 0.1) is 19.0 Å². The molecular formula is C34H23IrN3O-2. The summed E-state index contributed by atoms with van der Waals surface area (Å²) in [5.41, 5.74) is 6.67. The Bertz CT molecular complexity index is 1870. The van der Waals surface area contributed by atoms with E-state index in [-0.39, 0.29) is 25.8 Å². The molecule has 39 heavy (non-hydrogen) atoms. The topological polar surface area (TPSA) is 51.8 Å². The molecule has 3 heterocycles. The first-order valence-electron chi connectivity index (χ1n) is 13.6. The quantitative estimate of drug-likeness (QED) is 0.176. The predicted octanol–water partition coefficient (Wildman–Crippen LogP) is 8.36. The van der Waals surface area contributed by atoms with Gasteiger partial charge in [0.25, 0.3) is 0 Å². The standard InChI is InChI=1S/C23H15N2O.C11H8N.Ir/c1-15-13-25-21(14-24-15)20-12-6-11-19-18-10-5-9-17(22(18)26-23(19)20)16-7-3-2-4-8-16;1-2-6-10(7-3-1)11-8-4-5-9-12-11;/h2-11,13-14H,1H3;1-6,8-9H;/q2*-1;/i1D3;;. The second-order valence-electron chi connectivity index (χ2n) is 8.52. The van der Waals surface area contributed by atoms with Gasteiger partial charge in [-0.2, -0.15) is 0 Å². The van der Waals surface area contributed by atoms with Crippen LogP contribution in [0.3, 0.4) is 0 Å². The van der Waals surface area contributed by atoms with E-state index >= 15 is 0 Å². The van der Waals surface area contributed by atoms with Crippen molar-refractivity contribution in [2.45, 2.75) is 6.85 Å². The largest absolute Gasteiger partial charge is 0.500 e. The minimum Gasteiger partial charge on any atom is -0.500 e. The molecule has 5 heteroatoms. The van der Waals surface area contributed by atoms with E-state index < -0.39 is 6.85 Å². The molecule has 0 aliphatic carbocycles. The first-order valence-corrected chi connectivity index (χ1v) is 12.1. The molecule has 1 radical (unpaired) electrons. The molecule has 4 nitrogen and oxygen atoms in total. The first kappa shape index (κ1) is 22.5. The van der Waals surface area contributed by atoms with Crippen molar-refractivity contribution in [2.24, 2.45) is 0 Å². The number of furan rings is 1. The smallest absolute Gasteiger partial charge is 0.128 e. The van der Waals surface area contributed by atoms with Gasteiger partial charge in [-0.1, -0.05) is 71.6 Å². The molecule has 4 aromatic carbocycles. The summed E-state index contributed by atoms with van der Waals surface area (Å²) < 4.78 is 28.7. The van der Waals surface area contributed by atoms with E-state index in [1.54, 1.807) is 6.20 Å². The molecule has 0 aliphatic rings. The van der Waals surface area contributed by atoms with Crippen molar-refractivity contribution in [1.82, 2.24) is 15.0 Å². The molecular weight excluding hydrogens is 659 g/mol. The zero-order valence-corrected chi connectivity index (χ0v) is 23.0. The van der Waals surface area contributed by atoms with Crippen molar-refractivity contribution in [2.75, 3.05) is 0 Å². The van der Waals surface area contributed by atoms with Gasteiger partial charge in [0.1, 0.15) is 5.58 Å². The number of rotatable bonds is 3. The number of hydrogen-bond donors (Lipinski definition) is 0. The van der Waals surface area contributed by atoms with Crippen molar-refractivity contribution in [3.63, 3.8) is 0 Å². The van der Waals surface area contributed by atoms with Gasteiger partial charge in [0.2, 0.25) is 0 Å². The molecule has 0 amide bonds. The average molecular weight is 685 g/mol. The molecule has 0 aliphatic heterocycles. The Morgan fingerprint density at radius 1 is 0.667 bits per heavy atom. The Hall–Kier alpha value is -4.44. The van der Waals surface area contributed by atoms with Crippen LogP contribution in [0.1, 0.15) is 9.81 Å². The third-order valence-corrected chi connectivity index (χ3v) is 6.10. The molecule has 0 N–H and O–H groups in total. The van der Waals surface area contributed by atoms with Crippen LogP contribution >= 0.6 is 0 Å². The average Bonchev–Trinajstić information content (AvgIpc) is 3.42. The fourth-order valence-electron chi connectivity index (χ4n) is 4.33. The third kappa shape index (κ3) is 5.56. The van der Waals surface area contributed by atoms with Gasteiger partial charge in [-0.15, -0.1) is 54.1 Å². The Morgan fingerprint density at radius 3 is 2.26 bits per heavy atom. The maximum absolute atomic E-state index is 7.46. The zero-order chi connectivity index (χ0) is 28.2. The van der Waals surface area contributed by atoms with Crippen molar-refractivity contribution in [3.8, 4) is 33.6 Å². The molecule has 0 saturated carbocycles. The number of benzene rings is 4. The molecule has 0 bridgehead atoms. The predicted molar refractivity (Wildman–Crippen MR) is 152 cm³/mol. The van der Waals surface area contributed by atoms with Gasteiger partial charge in [0.15, 0.2) is 0 Å². The second kappa shape index (κ2) is 12.0. The van der Waals surface area contributed by atoms with E-state index in [9.17, 15) is 0 Å². The van der Waals surface area contributed by atoms with Crippen LogP contribution in [0.25, 0.3) is 55.6 Å². The van der Waals surface area contributed by atoms with Crippen LogP contribution in [-0.4, -0.2) is 15.0 Å². The van der Waals surface area contributed by atoms with E-state index in [4.69, 9.17) is 8.53 Å². The molecule has 191 valence electrons. The summed E-state index contributed by atoms with van der Waals surface area (Å²) in [4.78, 5) is 12.6. The van der Waals surface area contributed by atoms with Gasteiger partial charge >= 0.3 is 0 Å². The minimum absolute atomic E-state index is 0. The van der Waals surface area contributed by atoms with Crippen LogP contribution in [0.15, 0.2) is 126 Å². The van der Waals surface area contributed by atoms with Crippen molar-refractivity contribution < 1.29 is 28.6 Å². The van der Waals surface area contributed by atoms with Crippen molar-refractivity contribution in [3.05, 3.63) is 140 Å². The summed E-state index contributed by atoms with van der Waals surface area (Å²) in [5, 5.41) is 1.96. The Balaban J connectivity index is 0.000000228. The number of nitrogens with zero attached hydrogens (tertiary/aromatic N) is 3. The molecule has 7 rings (SSSR count). The Labute approximate surface area is 245 Å². The fraction of sp³-hybridized carbons (Fsp3) is 0.0294. The molecule has 3 aromatic heterocycles. The van der Waals surface area contributed by atoms with Gasteiger partial charge in [-0.3, -0.25) is 4.98 Å². The van der Waals surface area contributed by atoms with Crippen LogP contribution in [0.2, 0.25) is 0 Å². The van der Waals surface area contributed by atoms with Gasteiger partial charge in [0.05, 0.1) is 11.3 Å². The Kier molecular flexibility index (Phi) is 6.91. The van der Waals surface area contributed by atoms with Gasteiger partial charge < -0.3 is 14.4 Å². The minimum atomic E-state index is -2.29. The van der Waals surface area contributed by atoms with Gasteiger partial charge in [-0.25, -0.2) is 0 Å². The summed E-state index contributed by atoms with van der Waals surface area (Å²) in [6.07, 6.45) is 4.53. The van der Waals surface area contributed by atoms with Crippen molar-refractivity contribution >= 4 is 21.9 Å². The second-order valence-corrected chi connectivity index (χ2v) is 8.52. The number of aryl methyl sites for hydroxylation is 1. The number of hydrogen-bond acceptors (Lipinski definition) is 4. The Morgan fingerprint density at radius 2 is 1.51 bits per heavy atom. The normalized spacial score (nSPS) is 11.9. The van der Waals surface area contributed by atoms with E-state index in [1.807, 2.05) is 103 Å². The van der Waals surface area contributed by atoms with Crippen LogP contribution in [-0.2, 0) is 20.1 Å². The molecule has 0 atom stereocenters. The molecule has 0 fully saturated rings. The van der Waals surface area contributed by atoms with Gasteiger partial charge in [-0.05, 0) is 24.2 Å². The fourth-order valence-corrected chi connectivity index (χ4v) is 4.33. The maximum Gasteiger partial charge on any atom is 0.128 e. The van der Waals surface area contributed by atoms with E-state index in [0.29, 0.717) is 16.8 Å². The van der Waals surface area contributed by atoms with Crippen LogP contribution < -0.4 is 0 Å². The summed E-state index contributed by atoms with van der Waals surface area (Å²) in [6.45, 7) is -2.29. The molecule has 0 spiro atoms. The summed E-state index contributed by atoms with van der Waals surface area (Å²) in [5.74, 6) is 0. The van der Waals surface area contributed by atoms with Gasteiger partial charge in [0, 0.05) is 59.5 Å². The maximum atomic E-state index is 7.46. The number of fused-ring (bicyclic) bond motifs is 3. The number of aromatic nitrogens is 3. The van der Waals surface area contributed by atoms with Crippen LogP contribution in [0.4, 0.5) is 0 Å². The van der Waals surface area contributed by atoms with E-state index in [2.05, 4.69) is 27.1 Å². The zero-order valence-electron chi connectivity index (χ0n) is 23.6. The number of pyridine rings is 1. The molecule has 0 unspecified atom stereocenters. The third-order valence-electron chi connectivity index (χ3n) is 6.10. The van der Waals surface area contributed by atoms with E-state index in [1.165, 1.54) is 12.4 Å². The summed E-state index contributed by atoms with van der Waals surface area (Å²) in [7, 11) is 0. The SMILES string of the molecule is [2H]C([2H])([2H])c1cnc(-c2[c-]ccc3c2oc2c(-c4ccccc4)cccc23)cn1.[Ir].[c-]1ccccc1-c1ccccn1. The first-order chi connectivity index (χ1) is 20.0. The monoisotopic (exact) mass is 685 g/mol. The summed E-state index contributed by atoms with van der Waals surface area (Å²) in [6, 6.07) is 39.9. The number of para-hydroxylation sites is 1. The van der Waals surface area contributed by atoms with Crippen molar-refractivity contribution in [1.29, 1.82) is 0 Å². The summed E-state index contributed by atoms with van der Waals surface area (Å²) >= 11 is 0. The van der Waals surface area contributed by atoms with Crippen LogP contribution in [0.5, 0.6) is 0 Å². The molecule has 0 saturated heterocycles.